The molecule has 18 heavy (non-hydrogen) atoms. The van der Waals surface area contributed by atoms with E-state index >= 15 is 0 Å². The molecule has 2 heteroatoms. The van der Waals surface area contributed by atoms with Crippen molar-refractivity contribution in [2.75, 3.05) is 0 Å². The van der Waals surface area contributed by atoms with Crippen LogP contribution in [0, 0.1) is 13.8 Å². The van der Waals surface area contributed by atoms with Crippen molar-refractivity contribution >= 4 is 17.4 Å². The van der Waals surface area contributed by atoms with Gasteiger partial charge in [-0.3, -0.25) is 4.79 Å². The van der Waals surface area contributed by atoms with Gasteiger partial charge in [-0.2, -0.15) is 0 Å². The highest BCUT2D eigenvalue weighted by Crippen LogP contribution is 2.15. The number of hydrogen-bond donors (Lipinski definition) is 0. The van der Waals surface area contributed by atoms with Crippen molar-refractivity contribution in [2.24, 2.45) is 0 Å². The van der Waals surface area contributed by atoms with Gasteiger partial charge in [-0.05, 0) is 36.6 Å². The molecule has 2 rings (SSSR count). The van der Waals surface area contributed by atoms with Gasteiger partial charge in [0.2, 0.25) is 0 Å². The Balaban J connectivity index is 2.32. The molecule has 0 N–H and O–H groups in total. The summed E-state index contributed by atoms with van der Waals surface area (Å²) >= 11 is 5.73. The zero-order valence-electron chi connectivity index (χ0n) is 10.5. The van der Waals surface area contributed by atoms with Crippen LogP contribution in [0.1, 0.15) is 32.6 Å². The molecule has 0 aliphatic heterocycles. The Bertz CT molecular complexity index is 570. The van der Waals surface area contributed by atoms with E-state index in [4.69, 9.17) is 11.6 Å². The van der Waals surface area contributed by atoms with E-state index in [1.807, 2.05) is 56.3 Å². The van der Waals surface area contributed by atoms with Crippen LogP contribution in [-0.2, 0) is 5.88 Å². The summed E-state index contributed by atoms with van der Waals surface area (Å²) in [7, 11) is 0. The van der Waals surface area contributed by atoms with Gasteiger partial charge in [0, 0.05) is 17.0 Å². The average molecular weight is 259 g/mol. The molecule has 0 bridgehead atoms. The van der Waals surface area contributed by atoms with Crippen LogP contribution in [0.3, 0.4) is 0 Å². The minimum absolute atomic E-state index is 0.0548. The Hall–Kier alpha value is -1.60. The molecule has 0 atom stereocenters. The number of hydrogen-bond acceptors (Lipinski definition) is 1. The lowest BCUT2D eigenvalue weighted by atomic mass is 9.99. The first kappa shape index (κ1) is 12.8. The van der Waals surface area contributed by atoms with Gasteiger partial charge in [0.25, 0.3) is 0 Å². The molecule has 0 aliphatic carbocycles. The molecule has 92 valence electrons. The molecular weight excluding hydrogens is 244 g/mol. The highest BCUT2D eigenvalue weighted by molar-refractivity contribution is 6.17. The van der Waals surface area contributed by atoms with Crippen molar-refractivity contribution < 1.29 is 4.79 Å². The van der Waals surface area contributed by atoms with Crippen molar-refractivity contribution in [1.29, 1.82) is 0 Å². The van der Waals surface area contributed by atoms with Crippen molar-refractivity contribution in [1.82, 2.24) is 0 Å². The SMILES string of the molecule is Cc1ccc(C(=O)c2ccc(CCl)cc2)cc1C. The van der Waals surface area contributed by atoms with Crippen LogP contribution in [0.15, 0.2) is 42.5 Å². The van der Waals surface area contributed by atoms with Gasteiger partial charge in [-0.15, -0.1) is 11.6 Å². The standard InChI is InChI=1S/C16H15ClO/c1-11-3-6-15(9-12(11)2)16(18)14-7-4-13(10-17)5-8-14/h3-9H,10H2,1-2H3. The molecule has 0 spiro atoms. The first-order valence-corrected chi connectivity index (χ1v) is 6.42. The Labute approximate surface area is 112 Å². The highest BCUT2D eigenvalue weighted by Gasteiger charge is 2.09. The van der Waals surface area contributed by atoms with Crippen molar-refractivity contribution in [3.8, 4) is 0 Å². The molecule has 0 amide bonds. The van der Waals surface area contributed by atoms with E-state index in [0.717, 1.165) is 16.7 Å². The first-order chi connectivity index (χ1) is 8.61. The lowest BCUT2D eigenvalue weighted by Gasteiger charge is -2.05. The van der Waals surface area contributed by atoms with Gasteiger partial charge in [-0.25, -0.2) is 0 Å². The topological polar surface area (TPSA) is 17.1 Å². The molecule has 0 unspecified atom stereocenters. The van der Waals surface area contributed by atoms with Crippen LogP contribution in [0.4, 0.5) is 0 Å². The second-order valence-electron chi connectivity index (χ2n) is 4.46. The van der Waals surface area contributed by atoms with E-state index in [1.54, 1.807) is 0 Å². The number of halogens is 1. The number of aryl methyl sites for hydroxylation is 2. The molecule has 0 saturated carbocycles. The van der Waals surface area contributed by atoms with Gasteiger partial charge < -0.3 is 0 Å². The lowest BCUT2D eigenvalue weighted by Crippen LogP contribution is -2.02. The molecule has 0 radical (unpaired) electrons. The number of alkyl halides is 1. The summed E-state index contributed by atoms with van der Waals surface area (Å²) in [5.41, 5.74) is 4.79. The fraction of sp³-hybridized carbons (Fsp3) is 0.188. The molecular formula is C16H15ClO. The van der Waals surface area contributed by atoms with Crippen LogP contribution in [0.5, 0.6) is 0 Å². The van der Waals surface area contributed by atoms with Crippen LogP contribution in [0.25, 0.3) is 0 Å². The summed E-state index contributed by atoms with van der Waals surface area (Å²) in [5, 5.41) is 0. The number of rotatable bonds is 3. The molecule has 0 aromatic heterocycles. The van der Waals surface area contributed by atoms with Gasteiger partial charge in [0.1, 0.15) is 0 Å². The fourth-order valence-corrected chi connectivity index (χ4v) is 1.97. The second kappa shape index (κ2) is 5.36. The first-order valence-electron chi connectivity index (χ1n) is 5.88. The third kappa shape index (κ3) is 2.62. The summed E-state index contributed by atoms with van der Waals surface area (Å²) in [6, 6.07) is 13.2. The van der Waals surface area contributed by atoms with E-state index in [0.29, 0.717) is 11.4 Å². The zero-order valence-corrected chi connectivity index (χ0v) is 11.3. The molecule has 0 heterocycles. The minimum atomic E-state index is 0.0548. The second-order valence-corrected chi connectivity index (χ2v) is 4.73. The maximum Gasteiger partial charge on any atom is 0.193 e. The van der Waals surface area contributed by atoms with E-state index in [2.05, 4.69) is 0 Å². The van der Waals surface area contributed by atoms with Crippen molar-refractivity contribution in [3.05, 3.63) is 70.3 Å². The van der Waals surface area contributed by atoms with Crippen LogP contribution >= 0.6 is 11.6 Å². The minimum Gasteiger partial charge on any atom is -0.289 e. The number of ketones is 1. The van der Waals surface area contributed by atoms with Crippen LogP contribution in [-0.4, -0.2) is 5.78 Å². The maximum atomic E-state index is 12.3. The molecule has 0 aliphatic rings. The highest BCUT2D eigenvalue weighted by atomic mass is 35.5. The Morgan fingerprint density at radius 3 is 2.11 bits per heavy atom. The molecule has 1 nitrogen and oxygen atoms in total. The number of benzene rings is 2. The predicted octanol–water partition coefficient (Wildman–Crippen LogP) is 4.27. The van der Waals surface area contributed by atoms with Gasteiger partial charge in [0.15, 0.2) is 5.78 Å². The predicted molar refractivity (Wildman–Crippen MR) is 75.3 cm³/mol. The molecule has 0 fully saturated rings. The molecule has 0 saturated heterocycles. The fourth-order valence-electron chi connectivity index (χ4n) is 1.79. The summed E-state index contributed by atoms with van der Waals surface area (Å²) in [5.74, 6) is 0.525. The third-order valence-corrected chi connectivity index (χ3v) is 3.45. The molecule has 2 aromatic rings. The Morgan fingerprint density at radius 1 is 0.944 bits per heavy atom. The Morgan fingerprint density at radius 2 is 1.56 bits per heavy atom. The summed E-state index contributed by atoms with van der Waals surface area (Å²) in [4.78, 5) is 12.3. The smallest absolute Gasteiger partial charge is 0.193 e. The maximum absolute atomic E-state index is 12.3. The summed E-state index contributed by atoms with van der Waals surface area (Å²) in [6.45, 7) is 4.06. The normalized spacial score (nSPS) is 10.4. The largest absolute Gasteiger partial charge is 0.289 e. The van der Waals surface area contributed by atoms with Gasteiger partial charge in [0.05, 0.1) is 0 Å². The third-order valence-electron chi connectivity index (χ3n) is 3.14. The summed E-state index contributed by atoms with van der Waals surface area (Å²) in [6.07, 6.45) is 0. The van der Waals surface area contributed by atoms with E-state index in [9.17, 15) is 4.79 Å². The lowest BCUT2D eigenvalue weighted by molar-refractivity contribution is 0.103. The Kier molecular flexibility index (Phi) is 3.83. The van der Waals surface area contributed by atoms with E-state index in [-0.39, 0.29) is 5.78 Å². The van der Waals surface area contributed by atoms with Crippen LogP contribution in [0.2, 0.25) is 0 Å². The zero-order chi connectivity index (χ0) is 13.1. The monoisotopic (exact) mass is 258 g/mol. The average Bonchev–Trinajstić information content (AvgIpc) is 2.41. The van der Waals surface area contributed by atoms with E-state index in [1.165, 1.54) is 5.56 Å². The van der Waals surface area contributed by atoms with Gasteiger partial charge in [-0.1, -0.05) is 36.4 Å². The quantitative estimate of drug-likeness (QED) is 0.593. The van der Waals surface area contributed by atoms with Crippen LogP contribution < -0.4 is 0 Å². The van der Waals surface area contributed by atoms with Gasteiger partial charge >= 0.3 is 0 Å². The number of carbonyl (C=O) groups is 1. The molecule has 2 aromatic carbocycles. The number of carbonyl (C=O) groups excluding carboxylic acids is 1. The summed E-state index contributed by atoms with van der Waals surface area (Å²) < 4.78 is 0. The van der Waals surface area contributed by atoms with Crippen molar-refractivity contribution in [2.45, 2.75) is 19.7 Å². The van der Waals surface area contributed by atoms with E-state index < -0.39 is 0 Å². The van der Waals surface area contributed by atoms with Crippen molar-refractivity contribution in [3.63, 3.8) is 0 Å².